The van der Waals surface area contributed by atoms with E-state index in [1.165, 1.54) is 0 Å². The van der Waals surface area contributed by atoms with E-state index >= 15 is 0 Å². The number of carbonyl (C=O) groups is 5. The number of rotatable bonds is 32. The zero-order valence-corrected chi connectivity index (χ0v) is 44.1. The number of hydrogen-bond acceptors (Lipinski definition) is 14. The van der Waals surface area contributed by atoms with Gasteiger partial charge in [0.2, 0.25) is 23.6 Å². The lowest BCUT2D eigenvalue weighted by Gasteiger charge is -2.26. The van der Waals surface area contributed by atoms with Crippen LogP contribution in [0, 0.1) is 0 Å². The molecular weight excluding hydrogens is 1000 g/mol. The summed E-state index contributed by atoms with van der Waals surface area (Å²) in [6, 6.07) is 7.58. The summed E-state index contributed by atoms with van der Waals surface area (Å²) in [5.41, 5.74) is 4.88. The van der Waals surface area contributed by atoms with Crippen molar-refractivity contribution in [1.29, 1.82) is 0 Å². The maximum atomic E-state index is 13.1. The number of nitrogens with one attached hydrogen (secondary N) is 3. The molecule has 4 N–H and O–H groups in total. The normalized spacial score (nSPS) is 14.1. The molecule has 0 fully saturated rings. The third-order valence-corrected chi connectivity index (χ3v) is 13.8. The third kappa shape index (κ3) is 18.4. The smallest absolute Gasteiger partial charge is 0.248 e. The summed E-state index contributed by atoms with van der Waals surface area (Å²) >= 11 is 14.7. The van der Waals surface area contributed by atoms with Crippen molar-refractivity contribution < 1.29 is 52.8 Å². The largest absolute Gasteiger partial charge is 0.387 e. The average molecular weight is 1070 g/mol. The first-order chi connectivity index (χ1) is 35.4. The minimum atomic E-state index is -0.552. The van der Waals surface area contributed by atoms with Crippen molar-refractivity contribution in [3.05, 3.63) is 80.4 Å². The van der Waals surface area contributed by atoms with Gasteiger partial charge in [-0.15, -0.1) is 11.3 Å². The summed E-state index contributed by atoms with van der Waals surface area (Å²) in [7, 11) is 3.88. The number of aliphatic hydroxyl groups excluding tert-OH is 1. The first-order valence-corrected chi connectivity index (χ1v) is 26.2. The second-order valence-electron chi connectivity index (χ2n) is 17.7. The average Bonchev–Trinajstić information content (AvgIpc) is 4.11. The number of ether oxygens (including phenoxy) is 5. The molecule has 0 spiro atoms. The number of carbonyl (C=O) groups excluding carboxylic acids is 5. The van der Waals surface area contributed by atoms with Crippen molar-refractivity contribution in [3.63, 3.8) is 0 Å². The molecule has 0 saturated carbocycles. The predicted molar refractivity (Wildman–Crippen MR) is 280 cm³/mol. The van der Waals surface area contributed by atoms with Gasteiger partial charge in [0.1, 0.15) is 6.61 Å². The second-order valence-corrected chi connectivity index (χ2v) is 19.6. The highest BCUT2D eigenvalue weighted by Crippen LogP contribution is 2.42. The molecule has 0 bridgehead atoms. The fourth-order valence-corrected chi connectivity index (χ4v) is 9.63. The van der Waals surface area contributed by atoms with Crippen LogP contribution in [-0.4, -0.2) is 179 Å². The number of likely N-dealkylation sites (N-methyl/N-ethyl adjacent to an activating group) is 1. The standard InChI is InChI=1S/C51H68Cl2N8O11S/c1-58(2)16-4-6-37(63)31-36-5-3-17-61(46(66)32-36)48-8-7-38(73-48)9-14-54-44(64)12-21-68-23-25-70-27-29-72-30-28-71-26-24-69-22-13-45(65)55-15-20-60-19-11-43(57-60)39-33-41(52)50(53)51-49(39)40-34-59(47(67)35-62)18-10-42(40)56-51/h4-8,11,19,33,56,62H,3,9-10,12-18,20-32,34-35H2,1-2H3,(H,54,64)(H,55,65)/b6-4+. The lowest BCUT2D eigenvalue weighted by Crippen LogP contribution is -2.37. The third-order valence-electron chi connectivity index (χ3n) is 11.9. The fraction of sp³-hybridized carbons (Fsp3) is 0.529. The van der Waals surface area contributed by atoms with E-state index in [9.17, 15) is 29.1 Å². The van der Waals surface area contributed by atoms with Gasteiger partial charge < -0.3 is 59.1 Å². The molecule has 0 radical (unpaired) electrons. The molecule has 5 heterocycles. The molecule has 0 saturated heterocycles. The number of amides is 4. The molecular formula is C51H68Cl2N8O11S. The molecule has 19 nitrogen and oxygen atoms in total. The van der Waals surface area contributed by atoms with Gasteiger partial charge in [0, 0.05) is 105 Å². The predicted octanol–water partition coefficient (Wildman–Crippen LogP) is 4.75. The Hall–Kier alpha value is -5.00. The monoisotopic (exact) mass is 1070 g/mol. The van der Waals surface area contributed by atoms with Gasteiger partial charge in [-0.25, -0.2) is 0 Å². The summed E-state index contributed by atoms with van der Waals surface area (Å²) < 4.78 is 29.4. The molecule has 3 aromatic heterocycles. The summed E-state index contributed by atoms with van der Waals surface area (Å²) in [5, 5.41) is 22.5. The fourth-order valence-electron chi connectivity index (χ4n) is 8.18. The molecule has 73 heavy (non-hydrogen) atoms. The van der Waals surface area contributed by atoms with Gasteiger partial charge in [-0.2, -0.15) is 5.10 Å². The van der Waals surface area contributed by atoms with Crippen LogP contribution < -0.4 is 15.5 Å². The van der Waals surface area contributed by atoms with Crippen molar-refractivity contribution in [3.8, 4) is 11.3 Å². The molecule has 398 valence electrons. The topological polar surface area (TPSA) is 219 Å². The number of ketones is 1. The first-order valence-electron chi connectivity index (χ1n) is 24.7. The van der Waals surface area contributed by atoms with Gasteiger partial charge in [0.25, 0.3) is 0 Å². The Labute approximate surface area is 440 Å². The van der Waals surface area contributed by atoms with E-state index < -0.39 is 6.61 Å². The van der Waals surface area contributed by atoms with E-state index in [0.29, 0.717) is 139 Å². The number of H-pyrrole nitrogens is 1. The van der Waals surface area contributed by atoms with Gasteiger partial charge >= 0.3 is 0 Å². The van der Waals surface area contributed by atoms with Crippen LogP contribution in [0.1, 0.15) is 48.2 Å². The minimum Gasteiger partial charge on any atom is -0.387 e. The van der Waals surface area contributed by atoms with Crippen LogP contribution in [0.25, 0.3) is 22.2 Å². The Morgan fingerprint density at radius 2 is 1.55 bits per heavy atom. The Morgan fingerprint density at radius 1 is 0.890 bits per heavy atom. The molecule has 1 aromatic carbocycles. The summed E-state index contributed by atoms with van der Waals surface area (Å²) in [6.07, 6.45) is 10.2. The number of fused-ring (bicyclic) bond motifs is 3. The Morgan fingerprint density at radius 3 is 2.21 bits per heavy atom. The highest BCUT2D eigenvalue weighted by molar-refractivity contribution is 7.16. The number of benzene rings is 1. The molecule has 0 unspecified atom stereocenters. The highest BCUT2D eigenvalue weighted by Gasteiger charge is 2.28. The molecule has 22 heteroatoms. The number of halogens is 2. The van der Waals surface area contributed by atoms with E-state index in [4.69, 9.17) is 52.0 Å². The first kappa shape index (κ1) is 57.3. The Kier molecular flexibility index (Phi) is 23.8. The number of aromatic nitrogens is 3. The van der Waals surface area contributed by atoms with Crippen LogP contribution in [-0.2, 0) is 73.6 Å². The van der Waals surface area contributed by atoms with Gasteiger partial charge in [-0.05, 0) is 57.3 Å². The van der Waals surface area contributed by atoms with Crippen molar-refractivity contribution in [2.75, 3.05) is 124 Å². The minimum absolute atomic E-state index is 0.00263. The quantitative estimate of drug-likeness (QED) is 0.0296. The van der Waals surface area contributed by atoms with Crippen molar-refractivity contribution in [2.24, 2.45) is 0 Å². The lowest BCUT2D eigenvalue weighted by atomic mass is 9.99. The Bertz CT molecular complexity index is 2520. The lowest BCUT2D eigenvalue weighted by molar-refractivity contribution is -0.135. The van der Waals surface area contributed by atoms with E-state index in [0.717, 1.165) is 37.7 Å². The van der Waals surface area contributed by atoms with E-state index in [1.54, 1.807) is 38.0 Å². The zero-order valence-electron chi connectivity index (χ0n) is 41.7. The SMILES string of the molecule is CN(C)C/C=C/C(=O)CC1=CCCN(c2ccc(CCNC(=O)CCOCCOCCOCCOCCOCCC(=O)NCCn3ccc(-c4cc(Cl)c(Cl)c5[nH]c6c(c45)CN(C(=O)CO)CC6)n3)s2)C(=O)C1. The maximum absolute atomic E-state index is 13.1. The van der Waals surface area contributed by atoms with Crippen molar-refractivity contribution in [2.45, 2.75) is 58.0 Å². The number of nitrogens with zero attached hydrogens (tertiary/aromatic N) is 5. The second kappa shape index (κ2) is 30.4. The summed E-state index contributed by atoms with van der Waals surface area (Å²) in [4.78, 5) is 72.3. The molecule has 2 aliphatic rings. The number of hydrogen-bond donors (Lipinski definition) is 4. The Balaban J connectivity index is 0.711. The van der Waals surface area contributed by atoms with Crippen LogP contribution in [0.3, 0.4) is 0 Å². The van der Waals surface area contributed by atoms with E-state index in [2.05, 4.69) is 15.6 Å². The molecule has 6 rings (SSSR count). The van der Waals surface area contributed by atoms with E-state index in [-0.39, 0.29) is 68.3 Å². The maximum Gasteiger partial charge on any atom is 0.248 e. The van der Waals surface area contributed by atoms with Crippen LogP contribution in [0.5, 0.6) is 0 Å². The molecule has 0 aliphatic carbocycles. The number of thiophene rings is 1. The number of anilines is 1. The molecule has 4 aromatic rings. The highest BCUT2D eigenvalue weighted by atomic mass is 35.5. The van der Waals surface area contributed by atoms with Crippen LogP contribution >= 0.6 is 34.5 Å². The molecule has 4 amide bonds. The van der Waals surface area contributed by atoms with Crippen LogP contribution in [0.15, 0.2) is 54.3 Å². The number of allylic oxidation sites excluding steroid dienone is 1. The van der Waals surface area contributed by atoms with Gasteiger partial charge in [0.15, 0.2) is 5.78 Å². The van der Waals surface area contributed by atoms with Crippen molar-refractivity contribution in [1.82, 2.24) is 35.2 Å². The van der Waals surface area contributed by atoms with Crippen molar-refractivity contribution >= 4 is 79.9 Å². The molecule has 2 aliphatic heterocycles. The van der Waals surface area contributed by atoms with Gasteiger partial charge in [0.05, 0.1) is 98.9 Å². The van der Waals surface area contributed by atoms with Gasteiger partial charge in [-0.3, -0.25) is 28.7 Å². The number of aliphatic hydroxyl groups is 1. The van der Waals surface area contributed by atoms with Gasteiger partial charge in [-0.1, -0.05) is 40.9 Å². The van der Waals surface area contributed by atoms with Crippen LogP contribution in [0.2, 0.25) is 10.0 Å². The summed E-state index contributed by atoms with van der Waals surface area (Å²) in [5.74, 6) is -0.580. The van der Waals surface area contributed by atoms with Crippen LogP contribution in [0.4, 0.5) is 5.00 Å². The number of aromatic amines is 1. The van der Waals surface area contributed by atoms with E-state index in [1.807, 2.05) is 55.5 Å². The summed E-state index contributed by atoms with van der Waals surface area (Å²) in [6.45, 7) is 6.42. The molecule has 0 atom stereocenters. The zero-order chi connectivity index (χ0) is 52.0.